The second kappa shape index (κ2) is 6.97. The molecule has 0 unspecified atom stereocenters. The van der Waals surface area contributed by atoms with Gasteiger partial charge in [-0.2, -0.15) is 0 Å². The molecule has 0 saturated carbocycles. The van der Waals surface area contributed by atoms with Crippen molar-refractivity contribution in [3.8, 4) is 0 Å². The highest BCUT2D eigenvalue weighted by Crippen LogP contribution is 2.24. The molecule has 0 saturated heterocycles. The van der Waals surface area contributed by atoms with Crippen LogP contribution >= 0.6 is 0 Å². The summed E-state index contributed by atoms with van der Waals surface area (Å²) in [6.07, 6.45) is 1.50. The maximum absolute atomic E-state index is 13.6. The summed E-state index contributed by atoms with van der Waals surface area (Å²) in [5.74, 6) is -2.07. The molecule has 1 N–H and O–H groups in total. The predicted octanol–water partition coefficient (Wildman–Crippen LogP) is 4.49. The number of carbonyl (C=O) groups excluding carboxylic acids is 1. The first-order valence-electron chi connectivity index (χ1n) is 6.92. The third kappa shape index (κ3) is 3.88. The van der Waals surface area contributed by atoms with E-state index in [9.17, 15) is 13.6 Å². The van der Waals surface area contributed by atoms with Gasteiger partial charge in [0.15, 0.2) is 0 Å². The smallest absolute Gasteiger partial charge is 0.231 e. The zero-order valence-electron chi connectivity index (χ0n) is 11.8. The van der Waals surface area contributed by atoms with Gasteiger partial charge in [0.2, 0.25) is 5.91 Å². The van der Waals surface area contributed by atoms with Crippen LogP contribution in [0.1, 0.15) is 31.2 Å². The van der Waals surface area contributed by atoms with Gasteiger partial charge in [-0.25, -0.2) is 8.78 Å². The predicted molar refractivity (Wildman–Crippen MR) is 79.1 cm³/mol. The van der Waals surface area contributed by atoms with Gasteiger partial charge in [-0.05, 0) is 24.1 Å². The topological polar surface area (TPSA) is 29.1 Å². The lowest BCUT2D eigenvalue weighted by Gasteiger charge is -2.17. The molecule has 2 aromatic rings. The first kappa shape index (κ1) is 15.2. The van der Waals surface area contributed by atoms with Crippen molar-refractivity contribution in [2.75, 3.05) is 5.32 Å². The summed E-state index contributed by atoms with van der Waals surface area (Å²) in [6.45, 7) is 1.99. The van der Waals surface area contributed by atoms with Crippen LogP contribution in [0.15, 0.2) is 48.5 Å². The lowest BCUT2D eigenvalue weighted by molar-refractivity contribution is -0.117. The van der Waals surface area contributed by atoms with Crippen molar-refractivity contribution in [1.82, 2.24) is 0 Å². The molecule has 110 valence electrons. The average Bonchev–Trinajstić information content (AvgIpc) is 2.48. The summed E-state index contributed by atoms with van der Waals surface area (Å²) in [6, 6.07) is 12.5. The Labute approximate surface area is 122 Å². The Hall–Kier alpha value is -2.23. The van der Waals surface area contributed by atoms with Crippen LogP contribution in [0.2, 0.25) is 0 Å². The molecule has 0 aromatic heterocycles. The van der Waals surface area contributed by atoms with Gasteiger partial charge in [0.25, 0.3) is 0 Å². The number of hydrogen-bond acceptors (Lipinski definition) is 1. The van der Waals surface area contributed by atoms with Gasteiger partial charge in [0.1, 0.15) is 11.6 Å². The molecule has 0 fully saturated rings. The molecule has 0 aliphatic heterocycles. The van der Waals surface area contributed by atoms with Crippen molar-refractivity contribution in [3.05, 3.63) is 65.7 Å². The molecule has 1 amide bonds. The first-order chi connectivity index (χ1) is 10.1. The van der Waals surface area contributed by atoms with Crippen LogP contribution < -0.4 is 5.32 Å². The summed E-state index contributed by atoms with van der Waals surface area (Å²) in [4.78, 5) is 12.4. The molecule has 0 aliphatic rings. The SMILES string of the molecule is CCC[C@@H](C(=O)Nc1ccc(F)cc1F)c1ccccc1. The van der Waals surface area contributed by atoms with Crippen molar-refractivity contribution in [2.24, 2.45) is 0 Å². The Bertz CT molecular complexity index is 613. The maximum Gasteiger partial charge on any atom is 0.231 e. The lowest BCUT2D eigenvalue weighted by atomic mass is 9.93. The molecule has 2 aromatic carbocycles. The summed E-state index contributed by atoms with van der Waals surface area (Å²) in [5.41, 5.74) is 0.887. The highest BCUT2D eigenvalue weighted by atomic mass is 19.1. The molecule has 0 spiro atoms. The normalized spacial score (nSPS) is 12.0. The standard InChI is InChI=1S/C17H17F2NO/c1-2-6-14(12-7-4-3-5-8-12)17(21)20-16-10-9-13(18)11-15(16)19/h3-5,7-11,14H,2,6H2,1H3,(H,20,21)/t14-/m1/s1. The zero-order valence-corrected chi connectivity index (χ0v) is 11.8. The van der Waals surface area contributed by atoms with Crippen molar-refractivity contribution in [1.29, 1.82) is 0 Å². The molecule has 0 aliphatic carbocycles. The number of carbonyl (C=O) groups is 1. The number of benzene rings is 2. The van der Waals surface area contributed by atoms with Crippen LogP contribution in [0.3, 0.4) is 0 Å². The largest absolute Gasteiger partial charge is 0.323 e. The number of amides is 1. The molecule has 2 rings (SSSR count). The zero-order chi connectivity index (χ0) is 15.2. The highest BCUT2D eigenvalue weighted by Gasteiger charge is 2.20. The number of rotatable bonds is 5. The van der Waals surface area contributed by atoms with Gasteiger partial charge < -0.3 is 5.32 Å². The van der Waals surface area contributed by atoms with Crippen molar-refractivity contribution in [3.63, 3.8) is 0 Å². The molecule has 0 heterocycles. The van der Waals surface area contributed by atoms with Gasteiger partial charge in [0.05, 0.1) is 11.6 Å². The number of nitrogens with one attached hydrogen (secondary N) is 1. The van der Waals surface area contributed by atoms with E-state index in [1.165, 1.54) is 6.07 Å². The van der Waals surface area contributed by atoms with Crippen LogP contribution in [0.25, 0.3) is 0 Å². The molecular formula is C17H17F2NO. The number of halogens is 2. The molecule has 0 radical (unpaired) electrons. The highest BCUT2D eigenvalue weighted by molar-refractivity contribution is 5.95. The summed E-state index contributed by atoms with van der Waals surface area (Å²) in [5, 5.41) is 2.54. The van der Waals surface area contributed by atoms with Crippen molar-refractivity contribution >= 4 is 11.6 Å². The van der Waals surface area contributed by atoms with Gasteiger partial charge in [0, 0.05) is 6.07 Å². The minimum Gasteiger partial charge on any atom is -0.323 e. The Morgan fingerprint density at radius 1 is 1.14 bits per heavy atom. The summed E-state index contributed by atoms with van der Waals surface area (Å²) in [7, 11) is 0. The number of hydrogen-bond donors (Lipinski definition) is 1. The fraction of sp³-hybridized carbons (Fsp3) is 0.235. The van der Waals surface area contributed by atoms with Crippen molar-refractivity contribution in [2.45, 2.75) is 25.7 Å². The van der Waals surface area contributed by atoms with E-state index < -0.39 is 11.6 Å². The molecule has 2 nitrogen and oxygen atoms in total. The molecule has 21 heavy (non-hydrogen) atoms. The fourth-order valence-corrected chi connectivity index (χ4v) is 2.23. The average molecular weight is 289 g/mol. The minimum absolute atomic E-state index is 0.00145. The Morgan fingerprint density at radius 3 is 2.48 bits per heavy atom. The lowest BCUT2D eigenvalue weighted by Crippen LogP contribution is -2.21. The van der Waals surface area contributed by atoms with Crippen LogP contribution in [0.5, 0.6) is 0 Å². The van der Waals surface area contributed by atoms with Crippen molar-refractivity contribution < 1.29 is 13.6 Å². The van der Waals surface area contributed by atoms with Crippen LogP contribution in [-0.2, 0) is 4.79 Å². The molecule has 1 atom stereocenters. The molecule has 4 heteroatoms. The van der Waals surface area contributed by atoms with Crippen LogP contribution in [-0.4, -0.2) is 5.91 Å². The van der Waals surface area contributed by atoms with E-state index in [-0.39, 0.29) is 17.5 Å². The maximum atomic E-state index is 13.6. The molecular weight excluding hydrogens is 272 g/mol. The quantitative estimate of drug-likeness (QED) is 0.863. The van der Waals surface area contributed by atoms with Crippen LogP contribution in [0.4, 0.5) is 14.5 Å². The van der Waals surface area contributed by atoms with E-state index in [4.69, 9.17) is 0 Å². The Kier molecular flexibility index (Phi) is 5.04. The summed E-state index contributed by atoms with van der Waals surface area (Å²) >= 11 is 0. The van der Waals surface area contributed by atoms with E-state index >= 15 is 0 Å². The van der Waals surface area contributed by atoms with Gasteiger partial charge in [-0.1, -0.05) is 43.7 Å². The third-order valence-corrected chi connectivity index (χ3v) is 3.28. The van der Waals surface area contributed by atoms with E-state index in [2.05, 4.69) is 5.32 Å². The number of anilines is 1. The summed E-state index contributed by atoms with van der Waals surface area (Å²) < 4.78 is 26.5. The van der Waals surface area contributed by atoms with Gasteiger partial charge >= 0.3 is 0 Å². The van der Waals surface area contributed by atoms with Gasteiger partial charge in [-0.3, -0.25) is 4.79 Å². The van der Waals surface area contributed by atoms with E-state index in [0.29, 0.717) is 6.42 Å². The molecule has 0 bridgehead atoms. The van der Waals surface area contributed by atoms with E-state index in [1.807, 2.05) is 37.3 Å². The second-order valence-corrected chi connectivity index (χ2v) is 4.87. The Morgan fingerprint density at radius 2 is 1.86 bits per heavy atom. The second-order valence-electron chi connectivity index (χ2n) is 4.87. The fourth-order valence-electron chi connectivity index (χ4n) is 2.23. The van der Waals surface area contributed by atoms with E-state index in [1.54, 1.807) is 0 Å². The minimum atomic E-state index is -0.772. The monoisotopic (exact) mass is 289 g/mol. The van der Waals surface area contributed by atoms with Crippen LogP contribution in [0, 0.1) is 11.6 Å². The van der Waals surface area contributed by atoms with E-state index in [0.717, 1.165) is 24.1 Å². The Balaban J connectivity index is 2.19. The first-order valence-corrected chi connectivity index (χ1v) is 6.92. The van der Waals surface area contributed by atoms with Gasteiger partial charge in [-0.15, -0.1) is 0 Å². The third-order valence-electron chi connectivity index (χ3n) is 3.28.